The van der Waals surface area contributed by atoms with Crippen LogP contribution in [0, 0.1) is 5.92 Å². The molecule has 28 heavy (non-hydrogen) atoms. The van der Waals surface area contributed by atoms with Crippen molar-refractivity contribution in [3.63, 3.8) is 0 Å². The van der Waals surface area contributed by atoms with Crippen molar-refractivity contribution in [2.24, 2.45) is 10.9 Å². The molecule has 1 atom stereocenters. The predicted molar refractivity (Wildman–Crippen MR) is 115 cm³/mol. The Morgan fingerprint density at radius 2 is 2.36 bits per heavy atom. The largest absolute Gasteiger partial charge is 0.466 e. The van der Waals surface area contributed by atoms with Gasteiger partial charge in [-0.1, -0.05) is 0 Å². The molecule has 10 heteroatoms. The highest BCUT2D eigenvalue weighted by Gasteiger charge is 2.28. The van der Waals surface area contributed by atoms with Crippen LogP contribution >= 0.6 is 24.0 Å². The average molecular weight is 502 g/mol. The summed E-state index contributed by atoms with van der Waals surface area (Å²) in [5, 5.41) is 10.3. The van der Waals surface area contributed by atoms with E-state index in [0.29, 0.717) is 37.1 Å². The second-order valence-corrected chi connectivity index (χ2v) is 6.29. The Bertz CT molecular complexity index is 761. The van der Waals surface area contributed by atoms with Crippen LogP contribution in [0.15, 0.2) is 27.8 Å². The van der Waals surface area contributed by atoms with Crippen molar-refractivity contribution >= 4 is 35.9 Å². The number of carbonyl (C=O) groups is 1. The van der Waals surface area contributed by atoms with Gasteiger partial charge in [0, 0.05) is 19.6 Å². The van der Waals surface area contributed by atoms with E-state index in [1.54, 1.807) is 12.3 Å². The molecule has 0 aromatic carbocycles. The molecule has 0 saturated carbocycles. The fourth-order valence-corrected chi connectivity index (χ4v) is 3.08. The number of aromatic nitrogens is 3. The van der Waals surface area contributed by atoms with Gasteiger partial charge in [-0.25, -0.2) is 9.98 Å². The molecule has 3 heterocycles. The number of hydrogen-bond donors (Lipinski definition) is 2. The summed E-state index contributed by atoms with van der Waals surface area (Å²) in [4.78, 5) is 23.3. The number of nitrogens with zero attached hydrogens (tertiary/aromatic N) is 4. The van der Waals surface area contributed by atoms with Crippen molar-refractivity contribution < 1.29 is 13.9 Å². The monoisotopic (exact) mass is 502 g/mol. The van der Waals surface area contributed by atoms with E-state index < -0.39 is 0 Å². The first kappa shape index (κ1) is 22.2. The van der Waals surface area contributed by atoms with Gasteiger partial charge in [0.05, 0.1) is 18.8 Å². The zero-order valence-corrected chi connectivity index (χ0v) is 18.5. The van der Waals surface area contributed by atoms with E-state index in [-0.39, 0.29) is 35.9 Å². The van der Waals surface area contributed by atoms with E-state index in [4.69, 9.17) is 9.15 Å². The Morgan fingerprint density at radius 1 is 1.50 bits per heavy atom. The molecule has 3 rings (SSSR count). The van der Waals surface area contributed by atoms with Crippen LogP contribution < -0.4 is 5.32 Å². The van der Waals surface area contributed by atoms with Crippen molar-refractivity contribution in [1.29, 1.82) is 0 Å². The Hall–Kier alpha value is -2.11. The number of nitrogens with one attached hydrogen (secondary N) is 2. The summed E-state index contributed by atoms with van der Waals surface area (Å²) >= 11 is 0. The van der Waals surface area contributed by atoms with E-state index >= 15 is 0 Å². The number of guanidine groups is 1. The molecule has 154 valence electrons. The SMILES string of the molecule is CCNC(=NCc1nc(-c2ccco2)n[nH]1)N1CCCC(C(=O)OCC)C1.I. The highest BCUT2D eigenvalue weighted by Crippen LogP contribution is 2.18. The number of piperidine rings is 1. The van der Waals surface area contributed by atoms with Crippen molar-refractivity contribution in [1.82, 2.24) is 25.4 Å². The first-order valence-electron chi connectivity index (χ1n) is 9.36. The van der Waals surface area contributed by atoms with Gasteiger partial charge in [0.15, 0.2) is 11.7 Å². The minimum atomic E-state index is -0.128. The summed E-state index contributed by atoms with van der Waals surface area (Å²) in [5.74, 6) is 2.30. The lowest BCUT2D eigenvalue weighted by Gasteiger charge is -2.33. The van der Waals surface area contributed by atoms with Crippen molar-refractivity contribution in [3.8, 4) is 11.6 Å². The molecule has 9 nitrogen and oxygen atoms in total. The van der Waals surface area contributed by atoms with Crippen molar-refractivity contribution in [2.45, 2.75) is 33.2 Å². The second-order valence-electron chi connectivity index (χ2n) is 6.29. The fraction of sp³-hybridized carbons (Fsp3) is 0.556. The number of H-pyrrole nitrogens is 1. The van der Waals surface area contributed by atoms with E-state index in [0.717, 1.165) is 31.9 Å². The maximum absolute atomic E-state index is 12.1. The summed E-state index contributed by atoms with van der Waals surface area (Å²) in [5.41, 5.74) is 0. The third-order valence-corrected chi connectivity index (χ3v) is 4.33. The van der Waals surface area contributed by atoms with Gasteiger partial charge in [-0.15, -0.1) is 29.1 Å². The number of hydrogen-bond acceptors (Lipinski definition) is 6. The van der Waals surface area contributed by atoms with Crippen molar-refractivity contribution in [2.75, 3.05) is 26.2 Å². The summed E-state index contributed by atoms with van der Waals surface area (Å²) in [7, 11) is 0. The minimum Gasteiger partial charge on any atom is -0.466 e. The van der Waals surface area contributed by atoms with E-state index in [9.17, 15) is 4.79 Å². The van der Waals surface area contributed by atoms with Gasteiger partial charge >= 0.3 is 5.97 Å². The molecule has 0 bridgehead atoms. The van der Waals surface area contributed by atoms with Gasteiger partial charge in [-0.3, -0.25) is 9.89 Å². The number of ether oxygens (including phenoxy) is 1. The number of furan rings is 1. The van der Waals surface area contributed by atoms with E-state index in [2.05, 4.69) is 30.4 Å². The zero-order chi connectivity index (χ0) is 19.1. The first-order valence-corrected chi connectivity index (χ1v) is 9.36. The molecule has 1 saturated heterocycles. The molecule has 0 amide bonds. The topological polar surface area (TPSA) is 109 Å². The number of aliphatic imine (C=N–C) groups is 1. The zero-order valence-electron chi connectivity index (χ0n) is 16.2. The second kappa shape index (κ2) is 11.0. The highest BCUT2D eigenvalue weighted by molar-refractivity contribution is 14.0. The summed E-state index contributed by atoms with van der Waals surface area (Å²) < 4.78 is 10.5. The number of carbonyl (C=O) groups excluding carboxylic acids is 1. The molecule has 2 aromatic rings. The number of aromatic amines is 1. The molecule has 1 unspecified atom stereocenters. The Balaban J connectivity index is 0.00000280. The number of halogens is 1. The molecule has 0 radical (unpaired) electrons. The molecular formula is C18H27IN6O3. The van der Waals surface area contributed by atoms with Crippen LogP contribution in [0.4, 0.5) is 0 Å². The quantitative estimate of drug-likeness (QED) is 0.270. The Labute approximate surface area is 181 Å². The maximum atomic E-state index is 12.1. The maximum Gasteiger partial charge on any atom is 0.310 e. The van der Waals surface area contributed by atoms with Gasteiger partial charge in [0.25, 0.3) is 0 Å². The van der Waals surface area contributed by atoms with Crippen LogP contribution in [0.5, 0.6) is 0 Å². The van der Waals surface area contributed by atoms with Gasteiger partial charge < -0.3 is 19.4 Å². The van der Waals surface area contributed by atoms with Crippen LogP contribution in [-0.4, -0.2) is 58.3 Å². The lowest BCUT2D eigenvalue weighted by atomic mass is 9.98. The fourth-order valence-electron chi connectivity index (χ4n) is 3.08. The summed E-state index contributed by atoms with van der Waals surface area (Å²) in [6.45, 7) is 6.83. The van der Waals surface area contributed by atoms with Crippen LogP contribution in [0.3, 0.4) is 0 Å². The first-order chi connectivity index (χ1) is 13.2. The normalized spacial score (nSPS) is 17.1. The molecule has 2 aromatic heterocycles. The predicted octanol–water partition coefficient (Wildman–Crippen LogP) is 2.42. The number of rotatable bonds is 6. The standard InChI is InChI=1S/C18H26N6O3.HI/c1-3-19-18(24-9-5-7-13(12-24)17(25)26-4-2)20-11-15-21-16(23-22-15)14-8-6-10-27-14;/h6,8,10,13H,3-5,7,9,11-12H2,1-2H3,(H,19,20)(H,21,22,23);1H. The number of likely N-dealkylation sites (tertiary alicyclic amines) is 1. The third kappa shape index (κ3) is 5.69. The van der Waals surface area contributed by atoms with Gasteiger partial charge in [-0.05, 0) is 38.8 Å². The lowest BCUT2D eigenvalue weighted by molar-refractivity contribution is -0.149. The molecular weight excluding hydrogens is 475 g/mol. The van der Waals surface area contributed by atoms with Crippen LogP contribution in [-0.2, 0) is 16.1 Å². The van der Waals surface area contributed by atoms with E-state index in [1.165, 1.54) is 0 Å². The van der Waals surface area contributed by atoms with E-state index in [1.807, 2.05) is 19.9 Å². The minimum absolute atomic E-state index is 0. The smallest absolute Gasteiger partial charge is 0.310 e. The highest BCUT2D eigenvalue weighted by atomic mass is 127. The van der Waals surface area contributed by atoms with Crippen LogP contribution in [0.2, 0.25) is 0 Å². The number of esters is 1. The Kier molecular flexibility index (Phi) is 8.74. The molecule has 1 aliphatic rings. The van der Waals surface area contributed by atoms with Gasteiger partial charge in [0.2, 0.25) is 5.82 Å². The van der Waals surface area contributed by atoms with Crippen LogP contribution in [0.1, 0.15) is 32.5 Å². The molecule has 2 N–H and O–H groups in total. The van der Waals surface area contributed by atoms with Gasteiger partial charge in [-0.2, -0.15) is 0 Å². The third-order valence-electron chi connectivity index (χ3n) is 4.33. The molecule has 1 fully saturated rings. The molecule has 0 aliphatic carbocycles. The molecule has 0 spiro atoms. The average Bonchev–Trinajstić information content (AvgIpc) is 3.37. The lowest BCUT2D eigenvalue weighted by Crippen LogP contribution is -2.48. The van der Waals surface area contributed by atoms with Gasteiger partial charge in [0.1, 0.15) is 12.4 Å². The Morgan fingerprint density at radius 3 is 3.07 bits per heavy atom. The summed E-state index contributed by atoms with van der Waals surface area (Å²) in [6.07, 6.45) is 3.37. The molecule has 1 aliphatic heterocycles. The van der Waals surface area contributed by atoms with Crippen molar-refractivity contribution in [3.05, 3.63) is 24.2 Å². The summed E-state index contributed by atoms with van der Waals surface area (Å²) in [6, 6.07) is 3.60. The van der Waals surface area contributed by atoms with Crippen LogP contribution in [0.25, 0.3) is 11.6 Å².